The average molecular weight is 274 g/mol. The zero-order chi connectivity index (χ0) is 15.1. The molecule has 0 spiro atoms. The molecule has 2 N–H and O–H groups in total. The number of hydrogen-bond donors (Lipinski definition) is 2. The summed E-state index contributed by atoms with van der Waals surface area (Å²) < 4.78 is 5.12. The quantitative estimate of drug-likeness (QED) is 0.633. The molecule has 0 aromatic rings. The number of carboxylic acid groups (broad SMARTS) is 1. The van der Waals surface area contributed by atoms with Gasteiger partial charge in [0.1, 0.15) is 5.54 Å². The van der Waals surface area contributed by atoms with Crippen LogP contribution in [0.1, 0.15) is 41.0 Å². The summed E-state index contributed by atoms with van der Waals surface area (Å²) >= 11 is 0. The Hall–Kier alpha value is -0.650. The van der Waals surface area contributed by atoms with Crippen molar-refractivity contribution < 1.29 is 14.6 Å². The van der Waals surface area contributed by atoms with Crippen LogP contribution in [0.5, 0.6) is 0 Å². The number of hydrogen-bond acceptors (Lipinski definition) is 4. The summed E-state index contributed by atoms with van der Waals surface area (Å²) in [6.45, 7) is 12.1. The van der Waals surface area contributed by atoms with Gasteiger partial charge in [-0.2, -0.15) is 0 Å². The Bertz CT molecular complexity index is 271. The predicted molar refractivity (Wildman–Crippen MR) is 77.5 cm³/mol. The molecule has 0 radical (unpaired) electrons. The average Bonchev–Trinajstić information content (AvgIpc) is 2.28. The van der Waals surface area contributed by atoms with Crippen LogP contribution in [0, 0.1) is 0 Å². The lowest BCUT2D eigenvalue weighted by Gasteiger charge is -2.37. The van der Waals surface area contributed by atoms with Crippen molar-refractivity contribution in [3.05, 3.63) is 0 Å². The molecule has 19 heavy (non-hydrogen) atoms. The van der Waals surface area contributed by atoms with Crippen molar-refractivity contribution in [1.82, 2.24) is 10.2 Å². The third-order valence-electron chi connectivity index (χ3n) is 3.53. The monoisotopic (exact) mass is 274 g/mol. The van der Waals surface area contributed by atoms with E-state index in [2.05, 4.69) is 31.0 Å². The molecule has 114 valence electrons. The molecule has 0 amide bonds. The minimum Gasteiger partial charge on any atom is -0.480 e. The second-order valence-corrected chi connectivity index (χ2v) is 5.55. The second kappa shape index (κ2) is 8.51. The highest BCUT2D eigenvalue weighted by Gasteiger charge is 2.35. The van der Waals surface area contributed by atoms with E-state index >= 15 is 0 Å². The summed E-state index contributed by atoms with van der Waals surface area (Å²) in [7, 11) is 1.68. The first-order chi connectivity index (χ1) is 8.78. The zero-order valence-corrected chi connectivity index (χ0v) is 13.2. The number of likely N-dealkylation sites (N-methyl/N-ethyl adjacent to an activating group) is 1. The van der Waals surface area contributed by atoms with E-state index in [1.54, 1.807) is 14.0 Å². The molecule has 0 aliphatic carbocycles. The van der Waals surface area contributed by atoms with Crippen molar-refractivity contribution in [3.8, 4) is 0 Å². The lowest BCUT2D eigenvalue weighted by molar-refractivity contribution is -0.145. The number of ether oxygens (including phenoxy) is 1. The van der Waals surface area contributed by atoms with Crippen molar-refractivity contribution in [2.45, 2.75) is 58.7 Å². The summed E-state index contributed by atoms with van der Waals surface area (Å²) in [4.78, 5) is 13.7. The molecule has 0 rings (SSSR count). The number of nitrogens with one attached hydrogen (secondary N) is 1. The fraction of sp³-hybridized carbons (Fsp3) is 0.929. The van der Waals surface area contributed by atoms with Crippen LogP contribution >= 0.6 is 0 Å². The van der Waals surface area contributed by atoms with E-state index in [4.69, 9.17) is 4.74 Å². The molecule has 0 aromatic carbocycles. The number of aliphatic carboxylic acids is 1. The van der Waals surface area contributed by atoms with Gasteiger partial charge >= 0.3 is 5.97 Å². The molecule has 2 atom stereocenters. The van der Waals surface area contributed by atoms with E-state index < -0.39 is 11.5 Å². The standard InChI is InChI=1S/C14H30N2O3/c1-7-15-14(5,13(17)18)10-12(4)16(11(2)3)8-9-19-6/h11-12,15H,7-10H2,1-6H3,(H,17,18). The summed E-state index contributed by atoms with van der Waals surface area (Å²) in [5.41, 5.74) is -0.881. The normalized spacial score (nSPS) is 16.6. The van der Waals surface area contributed by atoms with Gasteiger partial charge in [-0.25, -0.2) is 0 Å². The first-order valence-electron chi connectivity index (χ1n) is 7.01. The maximum absolute atomic E-state index is 11.4. The Morgan fingerprint density at radius 1 is 1.42 bits per heavy atom. The van der Waals surface area contributed by atoms with Gasteiger partial charge in [0.15, 0.2) is 0 Å². The van der Waals surface area contributed by atoms with Crippen molar-refractivity contribution in [1.29, 1.82) is 0 Å². The van der Waals surface area contributed by atoms with Crippen molar-refractivity contribution in [2.24, 2.45) is 0 Å². The largest absolute Gasteiger partial charge is 0.480 e. The minimum absolute atomic E-state index is 0.176. The van der Waals surface area contributed by atoms with Crippen LogP contribution in [-0.4, -0.2) is 60.4 Å². The van der Waals surface area contributed by atoms with E-state index in [1.807, 2.05) is 6.92 Å². The van der Waals surface area contributed by atoms with Crippen LogP contribution in [0.15, 0.2) is 0 Å². The highest BCUT2D eigenvalue weighted by Crippen LogP contribution is 2.18. The molecule has 2 unspecified atom stereocenters. The topological polar surface area (TPSA) is 61.8 Å². The van der Waals surface area contributed by atoms with Gasteiger partial charge in [0, 0.05) is 25.7 Å². The first-order valence-corrected chi connectivity index (χ1v) is 7.01. The molecular formula is C14H30N2O3. The summed E-state index contributed by atoms with van der Waals surface area (Å²) in [5.74, 6) is -0.795. The molecule has 0 saturated heterocycles. The molecular weight excluding hydrogens is 244 g/mol. The zero-order valence-electron chi connectivity index (χ0n) is 13.2. The maximum Gasteiger partial charge on any atom is 0.323 e. The van der Waals surface area contributed by atoms with Crippen LogP contribution < -0.4 is 5.32 Å². The van der Waals surface area contributed by atoms with E-state index in [9.17, 15) is 9.90 Å². The molecule has 5 heteroatoms. The Balaban J connectivity index is 4.75. The fourth-order valence-electron chi connectivity index (χ4n) is 2.52. The van der Waals surface area contributed by atoms with Gasteiger partial charge in [0.25, 0.3) is 0 Å². The van der Waals surface area contributed by atoms with Gasteiger partial charge in [-0.15, -0.1) is 0 Å². The van der Waals surface area contributed by atoms with Gasteiger partial charge in [0.2, 0.25) is 0 Å². The Morgan fingerprint density at radius 2 is 2.00 bits per heavy atom. The van der Waals surface area contributed by atoms with Gasteiger partial charge in [-0.3, -0.25) is 9.69 Å². The van der Waals surface area contributed by atoms with Crippen LogP contribution in [0.4, 0.5) is 0 Å². The third-order valence-corrected chi connectivity index (χ3v) is 3.53. The van der Waals surface area contributed by atoms with Crippen LogP contribution in [0.2, 0.25) is 0 Å². The van der Waals surface area contributed by atoms with E-state index in [0.29, 0.717) is 25.6 Å². The number of carboxylic acids is 1. The highest BCUT2D eigenvalue weighted by atomic mass is 16.5. The Morgan fingerprint density at radius 3 is 2.37 bits per heavy atom. The van der Waals surface area contributed by atoms with Crippen molar-refractivity contribution >= 4 is 5.97 Å². The van der Waals surface area contributed by atoms with Gasteiger partial charge in [-0.05, 0) is 40.7 Å². The van der Waals surface area contributed by atoms with E-state index in [-0.39, 0.29) is 6.04 Å². The van der Waals surface area contributed by atoms with Crippen molar-refractivity contribution in [2.75, 3.05) is 26.8 Å². The lowest BCUT2D eigenvalue weighted by Crippen LogP contribution is -2.54. The molecule has 0 aromatic heterocycles. The summed E-state index contributed by atoms with van der Waals surface area (Å²) in [6.07, 6.45) is 0.568. The van der Waals surface area contributed by atoms with Crippen LogP contribution in [-0.2, 0) is 9.53 Å². The Kier molecular flexibility index (Phi) is 8.22. The molecule has 0 aliphatic heterocycles. The molecule has 0 fully saturated rings. The van der Waals surface area contributed by atoms with Gasteiger partial charge < -0.3 is 15.2 Å². The number of nitrogens with zero attached hydrogens (tertiary/aromatic N) is 1. The minimum atomic E-state index is -0.881. The molecule has 0 aliphatic rings. The molecule has 0 saturated carbocycles. The van der Waals surface area contributed by atoms with Gasteiger partial charge in [-0.1, -0.05) is 6.92 Å². The number of carbonyl (C=O) groups is 1. The number of methoxy groups -OCH3 is 1. The molecule has 0 bridgehead atoms. The van der Waals surface area contributed by atoms with E-state index in [1.165, 1.54) is 0 Å². The van der Waals surface area contributed by atoms with Gasteiger partial charge in [0.05, 0.1) is 6.61 Å². The molecule has 5 nitrogen and oxygen atoms in total. The SMILES string of the molecule is CCNC(C)(CC(C)N(CCOC)C(C)C)C(=O)O. The fourth-order valence-corrected chi connectivity index (χ4v) is 2.52. The lowest BCUT2D eigenvalue weighted by atomic mass is 9.92. The summed E-state index contributed by atoms with van der Waals surface area (Å²) in [6, 6.07) is 0.542. The summed E-state index contributed by atoms with van der Waals surface area (Å²) in [5, 5.41) is 12.5. The molecule has 0 heterocycles. The third kappa shape index (κ3) is 5.89. The maximum atomic E-state index is 11.4. The predicted octanol–water partition coefficient (Wildman–Crippen LogP) is 1.57. The Labute approximate surface area is 117 Å². The second-order valence-electron chi connectivity index (χ2n) is 5.55. The van der Waals surface area contributed by atoms with Crippen molar-refractivity contribution in [3.63, 3.8) is 0 Å². The van der Waals surface area contributed by atoms with Crippen LogP contribution in [0.3, 0.4) is 0 Å². The highest BCUT2D eigenvalue weighted by molar-refractivity contribution is 5.78. The number of rotatable bonds is 10. The van der Waals surface area contributed by atoms with E-state index in [0.717, 1.165) is 6.54 Å². The first kappa shape index (κ1) is 18.4. The smallest absolute Gasteiger partial charge is 0.323 e. The van der Waals surface area contributed by atoms with Crippen LogP contribution in [0.25, 0.3) is 0 Å².